The molecule has 0 radical (unpaired) electrons. The Bertz CT molecular complexity index is 682. The molecule has 0 aliphatic carbocycles. The molecule has 4 nitrogen and oxygen atoms in total. The van der Waals surface area contributed by atoms with Crippen LogP contribution in [-0.2, 0) is 19.8 Å². The van der Waals surface area contributed by atoms with Crippen molar-refractivity contribution < 1.29 is 13.2 Å². The highest BCUT2D eigenvalue weighted by molar-refractivity contribution is 5.60. The zero-order valence-corrected chi connectivity index (χ0v) is 11.5. The number of hydrogen-bond donors (Lipinski definition) is 0. The Kier molecular flexibility index (Phi) is 3.89. The van der Waals surface area contributed by atoms with Crippen molar-refractivity contribution in [2.75, 3.05) is 11.9 Å². The number of hydrogen-bond acceptors (Lipinski definition) is 3. The molecule has 0 bridgehead atoms. The summed E-state index contributed by atoms with van der Waals surface area (Å²) >= 11 is 0. The van der Waals surface area contributed by atoms with Crippen LogP contribution in [0.4, 0.5) is 18.9 Å². The molecule has 1 heterocycles. The van der Waals surface area contributed by atoms with Gasteiger partial charge in [-0.05, 0) is 18.2 Å². The van der Waals surface area contributed by atoms with Crippen molar-refractivity contribution >= 4 is 5.69 Å². The minimum absolute atomic E-state index is 0.0125. The second kappa shape index (κ2) is 5.48. The van der Waals surface area contributed by atoms with E-state index >= 15 is 0 Å². The predicted molar refractivity (Wildman–Crippen MR) is 71.5 cm³/mol. The van der Waals surface area contributed by atoms with E-state index in [4.69, 9.17) is 5.26 Å². The van der Waals surface area contributed by atoms with Crippen molar-refractivity contribution in [2.45, 2.75) is 12.7 Å². The van der Waals surface area contributed by atoms with E-state index in [9.17, 15) is 13.2 Å². The minimum Gasteiger partial charge on any atom is -0.366 e. The number of rotatable bonds is 3. The number of anilines is 1. The summed E-state index contributed by atoms with van der Waals surface area (Å²) < 4.78 is 39.8. The van der Waals surface area contributed by atoms with Crippen molar-refractivity contribution in [3.63, 3.8) is 0 Å². The van der Waals surface area contributed by atoms with E-state index in [1.54, 1.807) is 24.3 Å². The molecule has 7 heteroatoms. The van der Waals surface area contributed by atoms with E-state index in [2.05, 4.69) is 4.98 Å². The van der Waals surface area contributed by atoms with Gasteiger partial charge in [-0.1, -0.05) is 0 Å². The third-order valence-electron chi connectivity index (χ3n) is 3.16. The van der Waals surface area contributed by atoms with Crippen LogP contribution in [0, 0.1) is 11.3 Å². The monoisotopic (exact) mass is 294 g/mol. The lowest BCUT2D eigenvalue weighted by molar-refractivity contribution is -0.137. The molecule has 0 saturated heterocycles. The third-order valence-corrected chi connectivity index (χ3v) is 3.16. The molecule has 0 N–H and O–H groups in total. The van der Waals surface area contributed by atoms with E-state index in [1.165, 1.54) is 6.07 Å². The van der Waals surface area contributed by atoms with E-state index in [0.29, 0.717) is 12.2 Å². The van der Waals surface area contributed by atoms with Gasteiger partial charge in [0.15, 0.2) is 0 Å². The van der Waals surface area contributed by atoms with Gasteiger partial charge in [0.05, 0.1) is 23.4 Å². The number of halogens is 3. The predicted octanol–water partition coefficient (Wildman–Crippen LogP) is 2.95. The maximum atomic E-state index is 12.7. The van der Waals surface area contributed by atoms with Crippen molar-refractivity contribution in [3.8, 4) is 6.07 Å². The van der Waals surface area contributed by atoms with Crippen molar-refractivity contribution in [1.82, 2.24) is 9.55 Å². The van der Waals surface area contributed by atoms with Crippen molar-refractivity contribution in [2.24, 2.45) is 7.05 Å². The topological polar surface area (TPSA) is 44.9 Å². The van der Waals surface area contributed by atoms with Gasteiger partial charge in [-0.2, -0.15) is 18.4 Å². The maximum Gasteiger partial charge on any atom is 0.416 e. The molecule has 2 rings (SSSR count). The quantitative estimate of drug-likeness (QED) is 0.874. The molecular formula is C14H13F3N4. The van der Waals surface area contributed by atoms with Gasteiger partial charge in [0.2, 0.25) is 0 Å². The zero-order valence-electron chi connectivity index (χ0n) is 11.5. The number of alkyl halides is 3. The highest BCUT2D eigenvalue weighted by Crippen LogP contribution is 2.32. The van der Waals surface area contributed by atoms with E-state index in [-0.39, 0.29) is 5.56 Å². The second-order valence-corrected chi connectivity index (χ2v) is 4.65. The average molecular weight is 294 g/mol. The van der Waals surface area contributed by atoms with Gasteiger partial charge in [-0.15, -0.1) is 0 Å². The first kappa shape index (κ1) is 14.9. The first-order valence-electron chi connectivity index (χ1n) is 6.11. The SMILES string of the molecule is CN(Cc1nccn1C)c1ccc(C(F)(F)F)cc1C#N. The summed E-state index contributed by atoms with van der Waals surface area (Å²) in [6.07, 6.45) is -1.04. The second-order valence-electron chi connectivity index (χ2n) is 4.65. The largest absolute Gasteiger partial charge is 0.416 e. The van der Waals surface area contributed by atoms with Crippen LogP contribution in [0.1, 0.15) is 17.0 Å². The fourth-order valence-corrected chi connectivity index (χ4v) is 1.98. The molecule has 0 amide bonds. The summed E-state index contributed by atoms with van der Waals surface area (Å²) in [6, 6.07) is 4.97. The fraction of sp³-hybridized carbons (Fsp3) is 0.286. The van der Waals surface area contributed by atoms with E-state index in [1.807, 2.05) is 17.7 Å². The van der Waals surface area contributed by atoms with Crippen molar-refractivity contribution in [1.29, 1.82) is 5.26 Å². The lowest BCUT2D eigenvalue weighted by Gasteiger charge is -2.21. The van der Waals surface area contributed by atoms with Crippen LogP contribution >= 0.6 is 0 Å². The lowest BCUT2D eigenvalue weighted by Crippen LogP contribution is -2.20. The zero-order chi connectivity index (χ0) is 15.6. The van der Waals surface area contributed by atoms with Gasteiger partial charge in [-0.25, -0.2) is 4.98 Å². The summed E-state index contributed by atoms with van der Waals surface area (Å²) in [7, 11) is 3.53. The first-order chi connectivity index (χ1) is 9.82. The standard InChI is InChI=1S/C14H13F3N4/c1-20-6-5-19-13(20)9-21(2)12-4-3-11(14(15,16)17)7-10(12)8-18/h3-7H,9H2,1-2H3. The van der Waals surface area contributed by atoms with Gasteiger partial charge < -0.3 is 9.47 Å². The number of nitriles is 1. The molecule has 0 unspecified atom stereocenters. The number of nitrogens with zero attached hydrogens (tertiary/aromatic N) is 4. The van der Waals surface area contributed by atoms with E-state index < -0.39 is 11.7 Å². The Balaban J connectivity index is 2.31. The van der Waals surface area contributed by atoms with Gasteiger partial charge in [-0.3, -0.25) is 0 Å². The van der Waals surface area contributed by atoms with Crippen LogP contribution in [0.5, 0.6) is 0 Å². The van der Waals surface area contributed by atoms with Gasteiger partial charge in [0.25, 0.3) is 0 Å². The molecule has 0 aliphatic rings. The smallest absolute Gasteiger partial charge is 0.366 e. The Labute approximate surface area is 120 Å². The molecule has 0 aliphatic heterocycles. The molecule has 21 heavy (non-hydrogen) atoms. The molecule has 2 aromatic rings. The molecule has 1 aromatic heterocycles. The summed E-state index contributed by atoms with van der Waals surface area (Å²) in [5, 5.41) is 9.07. The molecule has 0 atom stereocenters. The Morgan fingerprint density at radius 3 is 2.62 bits per heavy atom. The number of benzene rings is 1. The molecular weight excluding hydrogens is 281 g/mol. The lowest BCUT2D eigenvalue weighted by atomic mass is 10.1. The van der Waals surface area contributed by atoms with Gasteiger partial charge in [0, 0.05) is 26.5 Å². The highest BCUT2D eigenvalue weighted by Gasteiger charge is 2.31. The Morgan fingerprint density at radius 2 is 2.10 bits per heavy atom. The number of imidazole rings is 1. The van der Waals surface area contributed by atoms with Gasteiger partial charge >= 0.3 is 6.18 Å². The Morgan fingerprint density at radius 1 is 1.38 bits per heavy atom. The third kappa shape index (κ3) is 3.16. The van der Waals surface area contributed by atoms with Crippen LogP contribution in [0.3, 0.4) is 0 Å². The maximum absolute atomic E-state index is 12.7. The van der Waals surface area contributed by atoms with Crippen LogP contribution in [0.2, 0.25) is 0 Å². The summed E-state index contributed by atoms with van der Waals surface area (Å²) in [5.41, 5.74) is -0.400. The number of aromatic nitrogens is 2. The normalized spacial score (nSPS) is 11.2. The minimum atomic E-state index is -4.46. The highest BCUT2D eigenvalue weighted by atomic mass is 19.4. The van der Waals surface area contributed by atoms with Crippen LogP contribution in [0.25, 0.3) is 0 Å². The molecule has 0 saturated carbocycles. The van der Waals surface area contributed by atoms with Crippen LogP contribution in [0.15, 0.2) is 30.6 Å². The fourth-order valence-electron chi connectivity index (χ4n) is 1.98. The summed E-state index contributed by atoms with van der Waals surface area (Å²) in [4.78, 5) is 5.85. The Hall–Kier alpha value is -2.49. The molecule has 1 aromatic carbocycles. The molecule has 110 valence electrons. The first-order valence-corrected chi connectivity index (χ1v) is 6.11. The van der Waals surface area contributed by atoms with Crippen LogP contribution in [-0.4, -0.2) is 16.6 Å². The number of aryl methyl sites for hydroxylation is 1. The van der Waals surface area contributed by atoms with Crippen LogP contribution < -0.4 is 4.90 Å². The summed E-state index contributed by atoms with van der Waals surface area (Å²) in [6.45, 7) is 0.392. The molecule has 0 spiro atoms. The van der Waals surface area contributed by atoms with Gasteiger partial charge in [0.1, 0.15) is 11.9 Å². The van der Waals surface area contributed by atoms with Crippen molar-refractivity contribution in [3.05, 3.63) is 47.5 Å². The molecule has 0 fully saturated rings. The average Bonchev–Trinajstić information content (AvgIpc) is 2.82. The van der Waals surface area contributed by atoms with E-state index in [0.717, 1.165) is 18.0 Å². The summed E-state index contributed by atoms with van der Waals surface area (Å²) in [5.74, 6) is 0.751.